The summed E-state index contributed by atoms with van der Waals surface area (Å²) in [4.78, 5) is 52.6. The van der Waals surface area contributed by atoms with Crippen molar-refractivity contribution in [3.63, 3.8) is 0 Å². The van der Waals surface area contributed by atoms with Crippen LogP contribution in [0.2, 0.25) is 5.02 Å². The molecule has 4 rings (SSSR count). The molecule has 2 heterocycles. The topological polar surface area (TPSA) is 146 Å². The molecule has 1 aliphatic heterocycles. The number of aromatic nitrogens is 1. The molecule has 14 heteroatoms. The molecule has 12 nitrogen and oxygen atoms in total. The predicted octanol–water partition coefficient (Wildman–Crippen LogP) is 4.09. The lowest BCUT2D eigenvalue weighted by atomic mass is 9.98. The smallest absolute Gasteiger partial charge is 0.303 e. The fourth-order valence-electron chi connectivity index (χ4n) is 4.33. The highest BCUT2D eigenvalue weighted by atomic mass is 35.5. The van der Waals surface area contributed by atoms with Crippen molar-refractivity contribution in [1.29, 1.82) is 0 Å². The van der Waals surface area contributed by atoms with Gasteiger partial charge in [-0.25, -0.2) is 4.98 Å². The van der Waals surface area contributed by atoms with Gasteiger partial charge in [0.15, 0.2) is 12.2 Å². The van der Waals surface area contributed by atoms with Crippen molar-refractivity contribution in [2.24, 2.45) is 0 Å². The normalized spacial score (nSPS) is 21.7. The first-order chi connectivity index (χ1) is 19.9. The SMILES string of the molecule is COc1ccc(O[C@@H]2O[C@H](COC(C)=O)[C@H](OC(C)=O)[C@H](OC(C)=O)[C@H]2OC(C)=O)c(-c2nc3cc(Cl)ccc3s2)c1. The third-order valence-electron chi connectivity index (χ3n) is 5.96. The Balaban J connectivity index is 1.79. The van der Waals surface area contributed by atoms with Gasteiger partial charge in [0, 0.05) is 32.7 Å². The number of halogens is 1. The molecule has 0 bridgehead atoms. The molecular weight excluding hydrogens is 594 g/mol. The molecule has 1 fully saturated rings. The third kappa shape index (κ3) is 7.46. The van der Waals surface area contributed by atoms with Gasteiger partial charge in [0.1, 0.15) is 29.2 Å². The quantitative estimate of drug-likeness (QED) is 0.250. The van der Waals surface area contributed by atoms with Crippen molar-refractivity contribution in [3.05, 3.63) is 41.4 Å². The number of esters is 4. The molecule has 224 valence electrons. The summed E-state index contributed by atoms with van der Waals surface area (Å²) in [6, 6.07) is 10.3. The van der Waals surface area contributed by atoms with Crippen LogP contribution in [-0.4, -0.2) is 73.3 Å². The van der Waals surface area contributed by atoms with E-state index < -0.39 is 54.6 Å². The molecule has 0 amide bonds. The first kappa shape index (κ1) is 31.0. The molecule has 1 saturated heterocycles. The maximum Gasteiger partial charge on any atom is 0.303 e. The van der Waals surface area contributed by atoms with Crippen molar-refractivity contribution in [1.82, 2.24) is 4.98 Å². The number of benzene rings is 2. The number of hydrogen-bond donors (Lipinski definition) is 0. The lowest BCUT2D eigenvalue weighted by molar-refractivity contribution is -0.288. The van der Waals surface area contributed by atoms with Crippen molar-refractivity contribution >= 4 is 57.0 Å². The number of hydrogen-bond acceptors (Lipinski definition) is 13. The van der Waals surface area contributed by atoms with Crippen LogP contribution in [0.15, 0.2) is 36.4 Å². The summed E-state index contributed by atoms with van der Waals surface area (Å²) in [5.74, 6) is -2.09. The monoisotopic (exact) mass is 621 g/mol. The van der Waals surface area contributed by atoms with E-state index in [4.69, 9.17) is 49.7 Å². The van der Waals surface area contributed by atoms with E-state index in [1.807, 2.05) is 6.07 Å². The molecule has 0 radical (unpaired) electrons. The molecule has 0 unspecified atom stereocenters. The van der Waals surface area contributed by atoms with Gasteiger partial charge >= 0.3 is 23.9 Å². The molecule has 0 saturated carbocycles. The summed E-state index contributed by atoms with van der Waals surface area (Å²) < 4.78 is 40.2. The van der Waals surface area contributed by atoms with E-state index >= 15 is 0 Å². The zero-order valence-corrected chi connectivity index (χ0v) is 24.9. The Bertz CT molecular complexity index is 1490. The van der Waals surface area contributed by atoms with Gasteiger partial charge in [0.25, 0.3) is 0 Å². The molecule has 0 spiro atoms. The third-order valence-corrected chi connectivity index (χ3v) is 7.26. The summed E-state index contributed by atoms with van der Waals surface area (Å²) in [6.45, 7) is 4.25. The molecular formula is C28H28ClNO11S. The van der Waals surface area contributed by atoms with E-state index in [0.29, 0.717) is 26.9 Å². The maximum atomic E-state index is 12.2. The Morgan fingerprint density at radius 3 is 2.19 bits per heavy atom. The highest BCUT2D eigenvalue weighted by Gasteiger charge is 2.53. The number of rotatable bonds is 9. The summed E-state index contributed by atoms with van der Waals surface area (Å²) in [5.41, 5.74) is 1.18. The number of carbonyl (C=O) groups excluding carboxylic acids is 4. The molecule has 0 aliphatic carbocycles. The van der Waals surface area contributed by atoms with E-state index in [0.717, 1.165) is 25.5 Å². The van der Waals surface area contributed by atoms with Crippen LogP contribution in [0.5, 0.6) is 11.5 Å². The summed E-state index contributed by atoms with van der Waals surface area (Å²) in [6.07, 6.45) is -6.65. The van der Waals surface area contributed by atoms with Crippen LogP contribution >= 0.6 is 22.9 Å². The van der Waals surface area contributed by atoms with E-state index in [1.54, 1.807) is 30.3 Å². The minimum atomic E-state index is -1.42. The number of nitrogens with zero attached hydrogens (tertiary/aromatic N) is 1. The Morgan fingerprint density at radius 2 is 1.55 bits per heavy atom. The Labute approximate surface area is 249 Å². The van der Waals surface area contributed by atoms with Crippen molar-refractivity contribution < 1.29 is 52.3 Å². The number of carbonyl (C=O) groups is 4. The van der Waals surface area contributed by atoms with Crippen LogP contribution in [0, 0.1) is 0 Å². The summed E-state index contributed by atoms with van der Waals surface area (Å²) >= 11 is 7.53. The zero-order valence-electron chi connectivity index (χ0n) is 23.3. The van der Waals surface area contributed by atoms with Crippen LogP contribution in [0.3, 0.4) is 0 Å². The number of fused-ring (bicyclic) bond motifs is 1. The highest BCUT2D eigenvalue weighted by molar-refractivity contribution is 7.21. The Kier molecular flexibility index (Phi) is 9.86. The van der Waals surface area contributed by atoms with Crippen LogP contribution in [0.4, 0.5) is 0 Å². The zero-order chi connectivity index (χ0) is 30.6. The molecule has 3 aromatic rings. The largest absolute Gasteiger partial charge is 0.497 e. The highest BCUT2D eigenvalue weighted by Crippen LogP contribution is 2.40. The maximum absolute atomic E-state index is 12.2. The molecule has 42 heavy (non-hydrogen) atoms. The van der Waals surface area contributed by atoms with Gasteiger partial charge in [-0.15, -0.1) is 11.3 Å². The van der Waals surface area contributed by atoms with Gasteiger partial charge in [0.05, 0.1) is 22.9 Å². The minimum Gasteiger partial charge on any atom is -0.497 e. The van der Waals surface area contributed by atoms with Crippen molar-refractivity contribution in [2.75, 3.05) is 13.7 Å². The fourth-order valence-corrected chi connectivity index (χ4v) is 5.46. The van der Waals surface area contributed by atoms with Crippen LogP contribution in [-0.2, 0) is 42.9 Å². The van der Waals surface area contributed by atoms with Gasteiger partial charge in [0.2, 0.25) is 12.4 Å². The van der Waals surface area contributed by atoms with Crippen LogP contribution in [0.1, 0.15) is 27.7 Å². The van der Waals surface area contributed by atoms with E-state index in [2.05, 4.69) is 0 Å². The molecule has 5 atom stereocenters. The van der Waals surface area contributed by atoms with Crippen LogP contribution in [0.25, 0.3) is 20.8 Å². The minimum absolute atomic E-state index is 0.252. The van der Waals surface area contributed by atoms with Gasteiger partial charge in [-0.2, -0.15) is 0 Å². The van der Waals surface area contributed by atoms with Crippen LogP contribution < -0.4 is 9.47 Å². The van der Waals surface area contributed by atoms with Gasteiger partial charge in [-0.05, 0) is 36.4 Å². The molecule has 1 aromatic heterocycles. The van der Waals surface area contributed by atoms with Crippen molar-refractivity contribution in [2.45, 2.75) is 58.4 Å². The second-order valence-corrected chi connectivity index (χ2v) is 10.6. The fraction of sp³-hybridized carbons (Fsp3) is 0.393. The first-order valence-corrected chi connectivity index (χ1v) is 13.9. The lowest BCUT2D eigenvalue weighted by Crippen LogP contribution is -2.63. The number of methoxy groups -OCH3 is 1. The molecule has 0 N–H and O–H groups in total. The Morgan fingerprint density at radius 1 is 0.881 bits per heavy atom. The average Bonchev–Trinajstić information content (AvgIpc) is 3.33. The Hall–Kier alpha value is -3.94. The summed E-state index contributed by atoms with van der Waals surface area (Å²) in [7, 11) is 1.51. The second kappa shape index (κ2) is 13.4. The molecule has 2 aromatic carbocycles. The second-order valence-electron chi connectivity index (χ2n) is 9.18. The van der Waals surface area contributed by atoms with E-state index in [1.165, 1.54) is 25.4 Å². The van der Waals surface area contributed by atoms with Gasteiger partial charge in [-0.1, -0.05) is 11.6 Å². The standard InChI is InChI=1S/C28H28ClNO11S/c1-13(31)36-12-22-24(37-14(2)32)25(38-15(3)33)26(39-16(4)34)28(41-22)40-21-8-7-18(35-5)11-19(21)27-30-20-10-17(29)6-9-23(20)42-27/h6-11,22,24-26,28H,12H2,1-5H3/t22-,24+,25+,26-,28-/m1/s1. The lowest BCUT2D eigenvalue weighted by Gasteiger charge is -2.44. The van der Waals surface area contributed by atoms with Crippen molar-refractivity contribution in [3.8, 4) is 22.1 Å². The molecule has 1 aliphatic rings. The van der Waals surface area contributed by atoms with E-state index in [-0.39, 0.29) is 12.4 Å². The number of thiazole rings is 1. The predicted molar refractivity (Wildman–Crippen MR) is 149 cm³/mol. The first-order valence-electron chi connectivity index (χ1n) is 12.7. The van der Waals surface area contributed by atoms with Gasteiger partial charge < -0.3 is 33.2 Å². The van der Waals surface area contributed by atoms with E-state index in [9.17, 15) is 19.2 Å². The summed E-state index contributed by atoms with van der Waals surface area (Å²) in [5, 5.41) is 1.09. The van der Waals surface area contributed by atoms with Gasteiger partial charge in [-0.3, -0.25) is 19.2 Å². The number of ether oxygens (including phenoxy) is 7. The average molecular weight is 622 g/mol.